The van der Waals surface area contributed by atoms with Crippen molar-refractivity contribution in [3.8, 4) is 0 Å². The van der Waals surface area contributed by atoms with Gasteiger partial charge in [-0.3, -0.25) is 0 Å². The minimum Gasteiger partial charge on any atom is -0.462 e. The lowest BCUT2D eigenvalue weighted by atomic mass is 10.4. The van der Waals surface area contributed by atoms with Crippen LogP contribution in [0.15, 0.2) is 12.2 Å². The van der Waals surface area contributed by atoms with E-state index in [-0.39, 0.29) is 5.97 Å². The van der Waals surface area contributed by atoms with Gasteiger partial charge in [0.2, 0.25) is 0 Å². The van der Waals surface area contributed by atoms with Crippen molar-refractivity contribution in [3.05, 3.63) is 12.2 Å². The molecule has 0 spiro atoms. The largest absolute Gasteiger partial charge is 0.462 e. The molecule has 0 N–H and O–H groups in total. The van der Waals surface area contributed by atoms with Crippen LogP contribution in [0.2, 0.25) is 12.1 Å². The fraction of sp³-hybridized carbons (Fsp3) is 0.727. The van der Waals surface area contributed by atoms with Gasteiger partial charge >= 0.3 is 5.97 Å². The lowest BCUT2D eigenvalue weighted by Gasteiger charge is -2.12. The van der Waals surface area contributed by atoms with Gasteiger partial charge in [0.15, 0.2) is 9.04 Å². The topological polar surface area (TPSA) is 35.5 Å². The summed E-state index contributed by atoms with van der Waals surface area (Å²) in [6, 6.07) is 2.34. The lowest BCUT2D eigenvalue weighted by molar-refractivity contribution is -0.139. The number of hydrogen-bond donors (Lipinski definition) is 0. The summed E-state index contributed by atoms with van der Waals surface area (Å²) in [6.45, 7) is 10.6. The SMILES string of the molecule is C=C(C)C(=O)OCCCO[SiH](CC)CC. The summed E-state index contributed by atoms with van der Waals surface area (Å²) in [7, 11) is -0.937. The number of hydrogen-bond acceptors (Lipinski definition) is 3. The molecule has 4 heteroatoms. The molecule has 0 aromatic carbocycles. The molecule has 0 saturated carbocycles. The van der Waals surface area contributed by atoms with E-state index in [0.29, 0.717) is 18.8 Å². The minimum absolute atomic E-state index is 0.310. The maximum atomic E-state index is 11.0. The van der Waals surface area contributed by atoms with E-state index in [9.17, 15) is 4.79 Å². The highest BCUT2D eigenvalue weighted by molar-refractivity contribution is 6.51. The molecule has 0 aromatic rings. The Morgan fingerprint density at radius 2 is 1.87 bits per heavy atom. The quantitative estimate of drug-likeness (QED) is 0.278. The van der Waals surface area contributed by atoms with E-state index < -0.39 is 9.04 Å². The van der Waals surface area contributed by atoms with Crippen molar-refractivity contribution in [2.45, 2.75) is 39.3 Å². The van der Waals surface area contributed by atoms with Gasteiger partial charge in [-0.05, 0) is 19.0 Å². The number of carbonyl (C=O) groups is 1. The van der Waals surface area contributed by atoms with Crippen LogP contribution >= 0.6 is 0 Å². The first-order chi connectivity index (χ1) is 7.11. The van der Waals surface area contributed by atoms with Crippen LogP contribution in [0.5, 0.6) is 0 Å². The van der Waals surface area contributed by atoms with Crippen molar-refractivity contribution in [1.82, 2.24) is 0 Å². The minimum atomic E-state index is -0.937. The highest BCUT2D eigenvalue weighted by Crippen LogP contribution is 2.01. The molecule has 0 heterocycles. The molecule has 0 unspecified atom stereocenters. The molecule has 0 radical (unpaired) electrons. The molecule has 0 atom stereocenters. The maximum absolute atomic E-state index is 11.0. The van der Waals surface area contributed by atoms with Gasteiger partial charge in [0.05, 0.1) is 6.61 Å². The summed E-state index contributed by atoms with van der Waals surface area (Å²) in [6.07, 6.45) is 0.780. The van der Waals surface area contributed by atoms with Crippen LogP contribution in [0.25, 0.3) is 0 Å². The van der Waals surface area contributed by atoms with E-state index in [1.807, 2.05) is 0 Å². The third kappa shape index (κ3) is 7.33. The van der Waals surface area contributed by atoms with Gasteiger partial charge in [0.25, 0.3) is 0 Å². The molecule has 0 aliphatic heterocycles. The monoisotopic (exact) mass is 230 g/mol. The van der Waals surface area contributed by atoms with Gasteiger partial charge in [-0.15, -0.1) is 0 Å². The Morgan fingerprint density at radius 3 is 2.33 bits per heavy atom. The fourth-order valence-corrected chi connectivity index (χ4v) is 2.67. The van der Waals surface area contributed by atoms with Crippen molar-refractivity contribution < 1.29 is 14.0 Å². The fourth-order valence-electron chi connectivity index (χ4n) is 1.12. The maximum Gasteiger partial charge on any atom is 0.333 e. The smallest absolute Gasteiger partial charge is 0.333 e. The Kier molecular flexibility index (Phi) is 8.32. The molecule has 0 aromatic heterocycles. The molecular weight excluding hydrogens is 208 g/mol. The van der Waals surface area contributed by atoms with Crippen LogP contribution in [-0.4, -0.2) is 28.2 Å². The third-order valence-corrected chi connectivity index (χ3v) is 4.66. The zero-order valence-electron chi connectivity index (χ0n) is 10.0. The number of rotatable bonds is 8. The highest BCUT2D eigenvalue weighted by atomic mass is 28.3. The van der Waals surface area contributed by atoms with Gasteiger partial charge in [-0.25, -0.2) is 4.79 Å². The van der Waals surface area contributed by atoms with E-state index in [0.717, 1.165) is 6.42 Å². The van der Waals surface area contributed by atoms with Crippen molar-refractivity contribution in [3.63, 3.8) is 0 Å². The molecule has 0 amide bonds. The first kappa shape index (κ1) is 14.4. The predicted octanol–water partition coefficient (Wildman–Crippen LogP) is 2.28. The molecule has 0 rings (SSSR count). The summed E-state index contributed by atoms with van der Waals surface area (Å²) in [5, 5.41) is 0. The van der Waals surface area contributed by atoms with Crippen LogP contribution in [-0.2, 0) is 14.0 Å². The molecule has 0 saturated heterocycles. The molecular formula is C11H22O3Si. The first-order valence-corrected chi connectivity index (χ1v) is 7.66. The summed E-state index contributed by atoms with van der Waals surface area (Å²) in [5.74, 6) is -0.310. The Hall–Kier alpha value is -0.613. The van der Waals surface area contributed by atoms with E-state index >= 15 is 0 Å². The van der Waals surface area contributed by atoms with Crippen LogP contribution in [0, 0.1) is 0 Å². The number of esters is 1. The van der Waals surface area contributed by atoms with Gasteiger partial charge in [0.1, 0.15) is 0 Å². The van der Waals surface area contributed by atoms with Crippen molar-refractivity contribution in [2.75, 3.05) is 13.2 Å². The van der Waals surface area contributed by atoms with Crippen LogP contribution in [0.3, 0.4) is 0 Å². The number of ether oxygens (including phenoxy) is 1. The number of carbonyl (C=O) groups excluding carboxylic acids is 1. The molecule has 0 aliphatic carbocycles. The molecule has 0 bridgehead atoms. The van der Waals surface area contributed by atoms with Crippen molar-refractivity contribution in [2.24, 2.45) is 0 Å². The van der Waals surface area contributed by atoms with Crippen LogP contribution in [0.1, 0.15) is 27.2 Å². The Bertz CT molecular complexity index is 200. The molecule has 3 nitrogen and oxygen atoms in total. The molecule has 88 valence electrons. The Morgan fingerprint density at radius 1 is 1.27 bits per heavy atom. The van der Waals surface area contributed by atoms with Crippen molar-refractivity contribution >= 4 is 15.0 Å². The second-order valence-corrected chi connectivity index (χ2v) is 6.79. The average Bonchev–Trinajstić information content (AvgIpc) is 2.23. The highest BCUT2D eigenvalue weighted by Gasteiger charge is 2.06. The Balaban J connectivity index is 3.39. The molecule has 0 aliphatic rings. The Labute approximate surface area is 94.2 Å². The normalized spacial score (nSPS) is 10.4. The third-order valence-electron chi connectivity index (χ3n) is 2.13. The zero-order valence-corrected chi connectivity index (χ0v) is 11.2. The summed E-state index contributed by atoms with van der Waals surface area (Å²) in [5.41, 5.74) is 0.449. The summed E-state index contributed by atoms with van der Waals surface area (Å²) in [4.78, 5) is 11.0. The zero-order chi connectivity index (χ0) is 11.7. The first-order valence-electron chi connectivity index (χ1n) is 5.56. The second-order valence-electron chi connectivity index (χ2n) is 3.58. The van der Waals surface area contributed by atoms with E-state index in [1.165, 1.54) is 12.1 Å². The van der Waals surface area contributed by atoms with E-state index in [4.69, 9.17) is 9.16 Å². The van der Waals surface area contributed by atoms with E-state index in [2.05, 4.69) is 20.4 Å². The summed E-state index contributed by atoms with van der Waals surface area (Å²) < 4.78 is 10.7. The standard InChI is InChI=1S/C11H22O3Si/c1-5-15(6-2)14-9-7-8-13-11(12)10(3)4/h15H,3,5-9H2,1-2,4H3. The van der Waals surface area contributed by atoms with Crippen molar-refractivity contribution in [1.29, 1.82) is 0 Å². The average molecular weight is 230 g/mol. The van der Waals surface area contributed by atoms with Crippen LogP contribution < -0.4 is 0 Å². The molecule has 15 heavy (non-hydrogen) atoms. The lowest BCUT2D eigenvalue weighted by Crippen LogP contribution is -2.17. The summed E-state index contributed by atoms with van der Waals surface area (Å²) >= 11 is 0. The predicted molar refractivity (Wildman–Crippen MR) is 64.5 cm³/mol. The second kappa shape index (κ2) is 8.68. The van der Waals surface area contributed by atoms with Gasteiger partial charge < -0.3 is 9.16 Å². The van der Waals surface area contributed by atoms with Gasteiger partial charge in [-0.2, -0.15) is 0 Å². The molecule has 0 fully saturated rings. The van der Waals surface area contributed by atoms with Gasteiger partial charge in [0, 0.05) is 18.6 Å². The van der Waals surface area contributed by atoms with Crippen LogP contribution in [0.4, 0.5) is 0 Å². The van der Waals surface area contributed by atoms with Gasteiger partial charge in [-0.1, -0.05) is 20.4 Å². The van der Waals surface area contributed by atoms with E-state index in [1.54, 1.807) is 6.92 Å².